The normalized spacial score (nSPS) is 12.7. The summed E-state index contributed by atoms with van der Waals surface area (Å²) in [6.45, 7) is 73.3. The van der Waals surface area contributed by atoms with E-state index in [1.807, 2.05) is 0 Å². The van der Waals surface area contributed by atoms with Gasteiger partial charge in [0.1, 0.15) is 0 Å². The van der Waals surface area contributed by atoms with E-state index in [2.05, 4.69) is 287 Å². The number of aryl methyl sites for hydroxylation is 10. The zero-order valence-electron chi connectivity index (χ0n) is 91.2. The molecule has 0 heterocycles. The minimum absolute atomic E-state index is 0.237. The molecule has 6 aromatic rings. The molecule has 0 nitrogen and oxygen atoms in total. The maximum atomic E-state index is 2.64. The molecule has 6 rings (SSSR count). The molecule has 0 aromatic heterocycles. The maximum Gasteiger partial charge on any atom is -0.0117 e. The van der Waals surface area contributed by atoms with Gasteiger partial charge in [-0.05, 0) is 368 Å². The lowest BCUT2D eigenvalue weighted by Crippen LogP contribution is -2.19. The summed E-state index contributed by atoms with van der Waals surface area (Å²) in [6.07, 6.45) is 67.9. The van der Waals surface area contributed by atoms with E-state index in [1.165, 1.54) is 345 Å². The zero-order chi connectivity index (χ0) is 94.7. The predicted molar refractivity (Wildman–Crippen MR) is 582 cm³/mol. The van der Waals surface area contributed by atoms with Gasteiger partial charge < -0.3 is 0 Å². The molecule has 0 aliphatic carbocycles. The van der Waals surface area contributed by atoms with Gasteiger partial charge in [-0.3, -0.25) is 0 Å². The minimum atomic E-state index is 0.237. The lowest BCUT2D eigenvalue weighted by molar-refractivity contribution is 0.552. The Balaban J connectivity index is 0.000000538. The van der Waals surface area contributed by atoms with Crippen molar-refractivity contribution in [2.24, 2.45) is 0 Å². The van der Waals surface area contributed by atoms with Gasteiger partial charge in [0.2, 0.25) is 0 Å². The van der Waals surface area contributed by atoms with Gasteiger partial charge in [-0.25, -0.2) is 0 Å². The van der Waals surface area contributed by atoms with Gasteiger partial charge in [0.25, 0.3) is 0 Å². The molecular weight excluding hydrogens is 1530 g/mol. The molecule has 0 aliphatic heterocycles. The van der Waals surface area contributed by atoms with Crippen molar-refractivity contribution in [2.75, 3.05) is 0 Å². The summed E-state index contributed by atoms with van der Waals surface area (Å²) in [5, 5.41) is 0. The molecule has 5 atom stereocenters. The third-order valence-electron chi connectivity index (χ3n) is 28.5. The van der Waals surface area contributed by atoms with E-state index in [4.69, 9.17) is 0 Å². The summed E-state index contributed by atoms with van der Waals surface area (Å²) in [7, 11) is 0. The van der Waals surface area contributed by atoms with Crippen molar-refractivity contribution in [1.82, 2.24) is 0 Å². The first-order valence-corrected chi connectivity index (χ1v) is 56.0. The predicted octanol–water partition coefficient (Wildman–Crippen LogP) is 42.2. The number of unbranched alkanes of at least 4 members (excludes halogenated alkanes) is 20. The maximum absolute atomic E-state index is 2.64. The summed E-state index contributed by atoms with van der Waals surface area (Å²) >= 11 is 0. The molecule has 0 saturated heterocycles. The van der Waals surface area contributed by atoms with Crippen molar-refractivity contribution >= 4 is 0 Å². The summed E-state index contributed by atoms with van der Waals surface area (Å²) in [4.78, 5) is 0. The average Bonchev–Trinajstić information content (AvgIpc) is 0.774. The molecule has 6 aromatic carbocycles. The van der Waals surface area contributed by atoms with E-state index in [9.17, 15) is 0 Å². The molecule has 0 bridgehead atoms. The Morgan fingerprint density at radius 1 is 0.236 bits per heavy atom. The first-order valence-electron chi connectivity index (χ1n) is 56.0. The van der Waals surface area contributed by atoms with E-state index in [1.54, 1.807) is 122 Å². The van der Waals surface area contributed by atoms with Crippen LogP contribution in [-0.4, -0.2) is 0 Å². The standard InChI is InChI=1S/C27H40.C27H48.2C25H44.C23H40/c1-5-8-11-16-23-20-25(19-12-9-6-2)27(24-17-13-10-14-18-24)26(21-23)22(4)15-7-3;1-9-12-14-17-23-19-24(18-15-13-10-2)26(21(6)7)27(22(8)16-11-3)25(23)20(4)5;1-8-11-13-16-21-18-22(17-14-12-9-2)24(25(5,6)7)23(19-21)20(4)15-10-3;1-7-12-14-17-21-19-22(18-15-13-8-2)24(11-5)25(23(21)10-4)20(6)16-9-3;1-7-10-12-15-21-17-22(16-13-11-8-2)20(6)23(19(21)5)18(4)14-9-3/h10,13-14,17-18,20-22H,5-9,11-12,15-16,19H2,1-4H3;19-22H,9-18H2,1-8H3;18-20H,8-17H2,1-7H3;19-20H,7-18H2,1-6H3;17-18H,7-16H2,1-6H3. The Bertz CT molecular complexity index is 3640. The van der Waals surface area contributed by atoms with Crippen molar-refractivity contribution in [1.29, 1.82) is 0 Å². The fourth-order valence-electron chi connectivity index (χ4n) is 21.8. The van der Waals surface area contributed by atoms with Crippen LogP contribution in [0.15, 0.2) is 72.8 Å². The molecule has 0 N–H and O–H groups in total. The molecule has 0 radical (unpaired) electrons. The van der Waals surface area contributed by atoms with Gasteiger partial charge in [0.15, 0.2) is 0 Å². The zero-order valence-corrected chi connectivity index (χ0v) is 91.2. The van der Waals surface area contributed by atoms with Crippen LogP contribution in [0, 0.1) is 13.8 Å². The summed E-state index contributed by atoms with van der Waals surface area (Å²) in [6, 6.07) is 29.1. The molecule has 0 fully saturated rings. The SMILES string of the molecule is CCCCCc1cc(CCCCC)c(-c2ccccc2)c(C(C)CCC)c1.CCCCCc1cc(CCCCC)c(C(C)(C)C)c(C(C)CCC)c1.CCCCCc1cc(CCCCC)c(C(C)C)c(C(C)CCC)c1C(C)C.CCCCCc1cc(CCCCC)c(C)c(C(C)CCC)c1C.CCCCCc1cc(CCCCC)c(CC)c(C(C)CCC)c1CC. The molecule has 724 valence electrons. The van der Waals surface area contributed by atoms with Gasteiger partial charge in [0.05, 0.1) is 0 Å². The Morgan fingerprint density at radius 3 is 0.850 bits per heavy atom. The van der Waals surface area contributed by atoms with Crippen molar-refractivity contribution in [3.05, 3.63) is 195 Å². The highest BCUT2D eigenvalue weighted by Gasteiger charge is 2.29. The Hall–Kier alpha value is -4.68. The number of hydrogen-bond acceptors (Lipinski definition) is 0. The fourth-order valence-corrected chi connectivity index (χ4v) is 21.8. The van der Waals surface area contributed by atoms with E-state index >= 15 is 0 Å². The van der Waals surface area contributed by atoms with Crippen LogP contribution in [-0.2, 0) is 82.5 Å². The van der Waals surface area contributed by atoms with E-state index in [0.29, 0.717) is 41.4 Å². The lowest BCUT2D eigenvalue weighted by Gasteiger charge is -2.30. The van der Waals surface area contributed by atoms with Crippen molar-refractivity contribution in [3.8, 4) is 11.1 Å². The van der Waals surface area contributed by atoms with Gasteiger partial charge >= 0.3 is 0 Å². The summed E-state index contributed by atoms with van der Waals surface area (Å²) in [5.41, 5.74) is 39.6. The molecule has 0 saturated carbocycles. The first-order chi connectivity index (χ1) is 61.1. The molecule has 5 unspecified atom stereocenters. The van der Waals surface area contributed by atoms with Crippen LogP contribution in [0.4, 0.5) is 0 Å². The molecular formula is C127H216. The summed E-state index contributed by atoms with van der Waals surface area (Å²) < 4.78 is 0. The summed E-state index contributed by atoms with van der Waals surface area (Å²) in [5.74, 6) is 4.65. The largest absolute Gasteiger partial charge is 0.0654 e. The van der Waals surface area contributed by atoms with Crippen molar-refractivity contribution in [2.45, 2.75) is 595 Å². The van der Waals surface area contributed by atoms with Crippen LogP contribution < -0.4 is 0 Å². The molecule has 0 aliphatic rings. The fraction of sp³-hybridized carbons (Fsp3) is 0.717. The monoisotopic (exact) mass is 1740 g/mol. The van der Waals surface area contributed by atoms with E-state index in [0.717, 1.165) is 0 Å². The molecule has 0 spiro atoms. The van der Waals surface area contributed by atoms with Crippen LogP contribution in [0.1, 0.15) is 621 Å². The second-order valence-corrected chi connectivity index (χ2v) is 42.0. The molecule has 127 heavy (non-hydrogen) atoms. The number of rotatable bonds is 60. The third kappa shape index (κ3) is 42.2. The van der Waals surface area contributed by atoms with Crippen molar-refractivity contribution in [3.63, 3.8) is 0 Å². The smallest absolute Gasteiger partial charge is 0.0117 e. The third-order valence-corrected chi connectivity index (χ3v) is 28.5. The van der Waals surface area contributed by atoms with Crippen molar-refractivity contribution < 1.29 is 0 Å². The minimum Gasteiger partial charge on any atom is -0.0654 e. The Labute approximate surface area is 796 Å². The van der Waals surface area contributed by atoms with E-state index in [-0.39, 0.29) is 5.41 Å². The lowest BCUT2D eigenvalue weighted by atomic mass is 9.75. The van der Waals surface area contributed by atoms with E-state index < -0.39 is 0 Å². The molecule has 0 heteroatoms. The number of benzene rings is 6. The Morgan fingerprint density at radius 2 is 0.512 bits per heavy atom. The van der Waals surface area contributed by atoms with Gasteiger partial charge in [-0.1, -0.05) is 434 Å². The molecule has 0 amide bonds. The topological polar surface area (TPSA) is 0 Å². The van der Waals surface area contributed by atoms with Crippen LogP contribution in [0.2, 0.25) is 0 Å². The first kappa shape index (κ1) is 118. The average molecular weight is 1740 g/mol. The van der Waals surface area contributed by atoms with Gasteiger partial charge in [-0.15, -0.1) is 0 Å². The van der Waals surface area contributed by atoms with Gasteiger partial charge in [0, 0.05) is 0 Å². The second kappa shape index (κ2) is 70.1. The van der Waals surface area contributed by atoms with Crippen LogP contribution in [0.5, 0.6) is 0 Å². The second-order valence-electron chi connectivity index (χ2n) is 42.0. The van der Waals surface area contributed by atoms with Crippen LogP contribution in [0.3, 0.4) is 0 Å². The van der Waals surface area contributed by atoms with Gasteiger partial charge in [-0.2, -0.15) is 0 Å². The van der Waals surface area contributed by atoms with Crippen LogP contribution >= 0.6 is 0 Å². The quantitative estimate of drug-likeness (QED) is 0.0334. The Kier molecular flexibility index (Phi) is 65.3. The van der Waals surface area contributed by atoms with Crippen LogP contribution in [0.25, 0.3) is 11.1 Å². The number of hydrogen-bond donors (Lipinski definition) is 0. The highest BCUT2D eigenvalue weighted by molar-refractivity contribution is 5.73. The highest BCUT2D eigenvalue weighted by Crippen LogP contribution is 2.44. The highest BCUT2D eigenvalue weighted by atomic mass is 14.3.